The zero-order valence-electron chi connectivity index (χ0n) is 12.0. The van der Waals surface area contributed by atoms with Crippen molar-refractivity contribution in [2.75, 3.05) is 24.3 Å². The highest BCUT2D eigenvalue weighted by molar-refractivity contribution is 6.33. The number of carbonyl (C=O) groups is 1. The molecule has 0 heterocycles. The Bertz CT molecular complexity index is 490. The first kappa shape index (κ1) is 15.1. The van der Waals surface area contributed by atoms with Gasteiger partial charge in [0.25, 0.3) is 0 Å². The molecule has 20 heavy (non-hydrogen) atoms. The van der Waals surface area contributed by atoms with E-state index in [1.54, 1.807) is 6.07 Å². The standard InChI is InChI=1S/C15H22ClN3O/c1-19(2)14-7-6-12(9-13(14)16)18-15(20)10-4-3-5-11(17)8-10/h6-7,9-11H,3-5,8,17H2,1-2H3,(H,18,20). The Labute approximate surface area is 125 Å². The van der Waals surface area contributed by atoms with Crippen LogP contribution in [0.4, 0.5) is 11.4 Å². The van der Waals surface area contributed by atoms with E-state index in [-0.39, 0.29) is 17.9 Å². The molecule has 1 amide bonds. The molecule has 0 radical (unpaired) electrons. The third-order valence-electron chi connectivity index (χ3n) is 3.78. The van der Waals surface area contributed by atoms with E-state index in [9.17, 15) is 4.79 Å². The molecule has 0 bridgehead atoms. The highest BCUT2D eigenvalue weighted by atomic mass is 35.5. The second-order valence-electron chi connectivity index (χ2n) is 5.67. The van der Waals surface area contributed by atoms with Crippen LogP contribution in [0.5, 0.6) is 0 Å². The Morgan fingerprint density at radius 2 is 2.15 bits per heavy atom. The molecule has 4 nitrogen and oxygen atoms in total. The molecule has 2 rings (SSSR count). The summed E-state index contributed by atoms with van der Waals surface area (Å²) in [6.45, 7) is 0. The molecule has 1 aromatic carbocycles. The molecular formula is C15H22ClN3O. The van der Waals surface area contributed by atoms with Crippen molar-refractivity contribution in [3.8, 4) is 0 Å². The first-order valence-corrected chi connectivity index (χ1v) is 7.38. The third-order valence-corrected chi connectivity index (χ3v) is 4.09. The van der Waals surface area contributed by atoms with Gasteiger partial charge in [0.15, 0.2) is 0 Å². The fourth-order valence-electron chi connectivity index (χ4n) is 2.66. The molecular weight excluding hydrogens is 274 g/mol. The molecule has 110 valence electrons. The number of nitrogens with two attached hydrogens (primary N) is 1. The number of anilines is 2. The Hall–Kier alpha value is -1.26. The van der Waals surface area contributed by atoms with Gasteiger partial charge in [-0.15, -0.1) is 0 Å². The molecule has 0 saturated heterocycles. The number of benzene rings is 1. The highest BCUT2D eigenvalue weighted by Crippen LogP contribution is 2.29. The molecule has 0 aliphatic heterocycles. The van der Waals surface area contributed by atoms with Crippen LogP contribution in [-0.4, -0.2) is 26.0 Å². The van der Waals surface area contributed by atoms with E-state index in [0.29, 0.717) is 5.02 Å². The largest absolute Gasteiger partial charge is 0.376 e. The molecule has 1 aromatic rings. The Morgan fingerprint density at radius 1 is 1.40 bits per heavy atom. The maximum atomic E-state index is 12.2. The molecule has 1 aliphatic rings. The predicted octanol–water partition coefficient (Wildman–Crippen LogP) is 2.86. The number of nitrogens with one attached hydrogen (secondary N) is 1. The molecule has 1 fully saturated rings. The topological polar surface area (TPSA) is 58.4 Å². The number of amides is 1. The quantitative estimate of drug-likeness (QED) is 0.901. The molecule has 2 unspecified atom stereocenters. The van der Waals surface area contributed by atoms with Gasteiger partial charge in [0.05, 0.1) is 10.7 Å². The van der Waals surface area contributed by atoms with Crippen LogP contribution in [0.15, 0.2) is 18.2 Å². The summed E-state index contributed by atoms with van der Waals surface area (Å²) >= 11 is 6.20. The zero-order valence-corrected chi connectivity index (χ0v) is 12.8. The van der Waals surface area contributed by atoms with Gasteiger partial charge in [-0.05, 0) is 37.5 Å². The number of hydrogen-bond acceptors (Lipinski definition) is 3. The lowest BCUT2D eigenvalue weighted by Gasteiger charge is -2.25. The monoisotopic (exact) mass is 295 g/mol. The minimum atomic E-state index is 0.0195. The molecule has 2 atom stereocenters. The van der Waals surface area contributed by atoms with E-state index in [1.165, 1.54) is 0 Å². The first-order chi connectivity index (χ1) is 9.47. The van der Waals surface area contributed by atoms with Crippen molar-refractivity contribution < 1.29 is 4.79 Å². The maximum Gasteiger partial charge on any atom is 0.227 e. The van der Waals surface area contributed by atoms with E-state index in [2.05, 4.69) is 5.32 Å². The number of carbonyl (C=O) groups excluding carboxylic acids is 1. The minimum Gasteiger partial charge on any atom is -0.376 e. The molecule has 0 spiro atoms. The average Bonchev–Trinajstić information content (AvgIpc) is 2.38. The van der Waals surface area contributed by atoms with Gasteiger partial charge in [0.2, 0.25) is 5.91 Å². The fourth-order valence-corrected chi connectivity index (χ4v) is 3.01. The average molecular weight is 296 g/mol. The van der Waals surface area contributed by atoms with Crippen molar-refractivity contribution in [2.24, 2.45) is 11.7 Å². The number of hydrogen-bond donors (Lipinski definition) is 2. The van der Waals surface area contributed by atoms with Crippen molar-refractivity contribution >= 4 is 28.9 Å². The molecule has 1 aliphatic carbocycles. The predicted molar refractivity (Wildman–Crippen MR) is 84.3 cm³/mol. The second kappa shape index (κ2) is 6.46. The highest BCUT2D eigenvalue weighted by Gasteiger charge is 2.25. The lowest BCUT2D eigenvalue weighted by Crippen LogP contribution is -2.34. The van der Waals surface area contributed by atoms with Gasteiger partial charge in [-0.1, -0.05) is 18.0 Å². The summed E-state index contributed by atoms with van der Waals surface area (Å²) in [6, 6.07) is 5.73. The van der Waals surface area contributed by atoms with Crippen molar-refractivity contribution in [3.05, 3.63) is 23.2 Å². The van der Waals surface area contributed by atoms with Gasteiger partial charge < -0.3 is 16.0 Å². The van der Waals surface area contributed by atoms with E-state index in [1.807, 2.05) is 31.1 Å². The summed E-state index contributed by atoms with van der Waals surface area (Å²) in [7, 11) is 3.87. The van der Waals surface area contributed by atoms with Crippen LogP contribution in [0, 0.1) is 5.92 Å². The Kier molecular flexibility index (Phi) is 4.89. The van der Waals surface area contributed by atoms with E-state index in [0.717, 1.165) is 37.1 Å². The summed E-state index contributed by atoms with van der Waals surface area (Å²) in [4.78, 5) is 14.2. The summed E-state index contributed by atoms with van der Waals surface area (Å²) < 4.78 is 0. The van der Waals surface area contributed by atoms with Gasteiger partial charge in [-0.2, -0.15) is 0 Å². The number of rotatable bonds is 3. The van der Waals surface area contributed by atoms with E-state index < -0.39 is 0 Å². The summed E-state index contributed by atoms with van der Waals surface area (Å²) in [5.74, 6) is 0.0693. The van der Waals surface area contributed by atoms with Crippen LogP contribution in [0.25, 0.3) is 0 Å². The van der Waals surface area contributed by atoms with Crippen LogP contribution >= 0.6 is 11.6 Å². The normalized spacial score (nSPS) is 22.4. The van der Waals surface area contributed by atoms with Gasteiger partial charge in [0.1, 0.15) is 0 Å². The maximum absolute atomic E-state index is 12.2. The smallest absolute Gasteiger partial charge is 0.227 e. The molecule has 0 aromatic heterocycles. The van der Waals surface area contributed by atoms with Gasteiger partial charge >= 0.3 is 0 Å². The van der Waals surface area contributed by atoms with Crippen molar-refractivity contribution in [1.82, 2.24) is 0 Å². The van der Waals surface area contributed by atoms with Crippen LogP contribution in [0.2, 0.25) is 5.02 Å². The minimum absolute atomic E-state index is 0.0195. The van der Waals surface area contributed by atoms with Crippen molar-refractivity contribution in [2.45, 2.75) is 31.7 Å². The van der Waals surface area contributed by atoms with Gasteiger partial charge in [-0.3, -0.25) is 4.79 Å². The fraction of sp³-hybridized carbons (Fsp3) is 0.533. The van der Waals surface area contributed by atoms with Crippen molar-refractivity contribution in [1.29, 1.82) is 0 Å². The zero-order chi connectivity index (χ0) is 14.7. The molecule has 1 saturated carbocycles. The van der Waals surface area contributed by atoms with Crippen LogP contribution in [0.1, 0.15) is 25.7 Å². The number of nitrogens with zero attached hydrogens (tertiary/aromatic N) is 1. The van der Waals surface area contributed by atoms with Gasteiger partial charge in [-0.25, -0.2) is 0 Å². The van der Waals surface area contributed by atoms with Crippen LogP contribution < -0.4 is 16.0 Å². The second-order valence-corrected chi connectivity index (χ2v) is 6.08. The summed E-state index contributed by atoms with van der Waals surface area (Å²) in [5, 5.41) is 3.57. The van der Waals surface area contributed by atoms with E-state index >= 15 is 0 Å². The van der Waals surface area contributed by atoms with Crippen LogP contribution in [0.3, 0.4) is 0 Å². The van der Waals surface area contributed by atoms with Crippen molar-refractivity contribution in [3.63, 3.8) is 0 Å². The number of halogens is 1. The Morgan fingerprint density at radius 3 is 2.75 bits per heavy atom. The first-order valence-electron chi connectivity index (χ1n) is 7.00. The third kappa shape index (κ3) is 3.64. The molecule has 3 N–H and O–H groups in total. The molecule has 5 heteroatoms. The van der Waals surface area contributed by atoms with E-state index in [4.69, 9.17) is 17.3 Å². The lowest BCUT2D eigenvalue weighted by atomic mass is 9.85. The summed E-state index contributed by atoms with van der Waals surface area (Å²) in [5.41, 5.74) is 7.60. The SMILES string of the molecule is CN(C)c1ccc(NC(=O)C2CCCC(N)C2)cc1Cl. The Balaban J connectivity index is 2.02. The van der Waals surface area contributed by atoms with Crippen LogP contribution in [-0.2, 0) is 4.79 Å². The summed E-state index contributed by atoms with van der Waals surface area (Å²) in [6.07, 6.45) is 3.74. The van der Waals surface area contributed by atoms with Gasteiger partial charge in [0, 0.05) is 31.7 Å². The lowest BCUT2D eigenvalue weighted by molar-refractivity contribution is -0.120.